The van der Waals surface area contributed by atoms with E-state index in [9.17, 15) is 4.79 Å². The number of unbranched alkanes of at least 4 members (excludes halogenated alkanes) is 2. The molecular weight excluding hydrogens is 194 g/mol. The molecule has 0 aliphatic carbocycles. The number of pyridine rings is 1. The molecule has 2 nitrogen and oxygen atoms in total. The fraction of sp³-hybridized carbons (Fsp3) is 0.455. The summed E-state index contributed by atoms with van der Waals surface area (Å²) < 4.78 is 0. The fourth-order valence-electron chi connectivity index (χ4n) is 1.08. The van der Waals surface area contributed by atoms with Crippen molar-refractivity contribution in [1.29, 1.82) is 0 Å². The van der Waals surface area contributed by atoms with Gasteiger partial charge in [-0.2, -0.15) is 0 Å². The summed E-state index contributed by atoms with van der Waals surface area (Å²) >= 11 is 1.75. The normalized spacial score (nSPS) is 10.1. The molecule has 0 saturated heterocycles. The summed E-state index contributed by atoms with van der Waals surface area (Å²) in [6.45, 7) is 2.20. The Morgan fingerprint density at radius 2 is 2.29 bits per heavy atom. The van der Waals surface area contributed by atoms with Crippen LogP contribution in [0.1, 0.15) is 36.5 Å². The van der Waals surface area contributed by atoms with Gasteiger partial charge >= 0.3 is 0 Å². The zero-order valence-electron chi connectivity index (χ0n) is 8.40. The number of nitrogens with zero attached hydrogens (tertiary/aromatic N) is 1. The number of carbonyl (C=O) groups excluding carboxylic acids is 1. The van der Waals surface area contributed by atoms with E-state index < -0.39 is 0 Å². The standard InChI is InChI=1S/C11H15NOS/c1-2-3-4-7-14-11-6-5-10(9-13)8-12-11/h5-6,8-9H,2-4,7H2,1H3. The van der Waals surface area contributed by atoms with Crippen LogP contribution in [0.4, 0.5) is 0 Å². The average Bonchev–Trinajstić information content (AvgIpc) is 2.25. The summed E-state index contributed by atoms with van der Waals surface area (Å²) in [5.41, 5.74) is 0.642. The largest absolute Gasteiger partial charge is 0.298 e. The Morgan fingerprint density at radius 3 is 2.86 bits per heavy atom. The minimum Gasteiger partial charge on any atom is -0.298 e. The monoisotopic (exact) mass is 209 g/mol. The first-order valence-electron chi connectivity index (χ1n) is 4.91. The van der Waals surface area contributed by atoms with E-state index in [0.29, 0.717) is 5.56 Å². The van der Waals surface area contributed by atoms with E-state index >= 15 is 0 Å². The minimum atomic E-state index is 0.642. The molecule has 0 atom stereocenters. The maximum Gasteiger partial charge on any atom is 0.151 e. The Hall–Kier alpha value is -0.830. The van der Waals surface area contributed by atoms with Crippen molar-refractivity contribution in [2.75, 3.05) is 5.75 Å². The number of carbonyl (C=O) groups is 1. The number of aldehydes is 1. The molecule has 14 heavy (non-hydrogen) atoms. The highest BCUT2D eigenvalue weighted by atomic mass is 32.2. The summed E-state index contributed by atoms with van der Waals surface area (Å²) in [4.78, 5) is 14.5. The van der Waals surface area contributed by atoms with Gasteiger partial charge < -0.3 is 0 Å². The maximum absolute atomic E-state index is 10.4. The van der Waals surface area contributed by atoms with Crippen LogP contribution in [0, 0.1) is 0 Å². The highest BCUT2D eigenvalue weighted by Crippen LogP contribution is 2.16. The first-order valence-corrected chi connectivity index (χ1v) is 5.89. The summed E-state index contributed by atoms with van der Waals surface area (Å²) in [6.07, 6.45) is 6.20. The summed E-state index contributed by atoms with van der Waals surface area (Å²) in [6, 6.07) is 3.71. The van der Waals surface area contributed by atoms with Crippen molar-refractivity contribution in [3.63, 3.8) is 0 Å². The van der Waals surface area contributed by atoms with Crippen LogP contribution >= 0.6 is 11.8 Å². The second-order valence-electron chi connectivity index (χ2n) is 3.10. The van der Waals surface area contributed by atoms with Gasteiger partial charge in [0.2, 0.25) is 0 Å². The molecule has 0 N–H and O–H groups in total. The van der Waals surface area contributed by atoms with Crippen LogP contribution in [0.25, 0.3) is 0 Å². The quantitative estimate of drug-likeness (QED) is 0.409. The van der Waals surface area contributed by atoms with Crippen LogP contribution in [-0.2, 0) is 0 Å². The molecule has 0 aliphatic rings. The average molecular weight is 209 g/mol. The first-order chi connectivity index (χ1) is 6.86. The lowest BCUT2D eigenvalue weighted by Crippen LogP contribution is -1.86. The highest BCUT2D eigenvalue weighted by Gasteiger charge is 1.95. The summed E-state index contributed by atoms with van der Waals surface area (Å²) in [5.74, 6) is 1.11. The minimum absolute atomic E-state index is 0.642. The lowest BCUT2D eigenvalue weighted by molar-refractivity contribution is 0.112. The van der Waals surface area contributed by atoms with E-state index in [4.69, 9.17) is 0 Å². The molecule has 1 rings (SSSR count). The Balaban J connectivity index is 2.32. The van der Waals surface area contributed by atoms with E-state index in [1.165, 1.54) is 19.3 Å². The third kappa shape index (κ3) is 3.92. The SMILES string of the molecule is CCCCCSc1ccc(C=O)cn1. The zero-order valence-corrected chi connectivity index (χ0v) is 9.22. The van der Waals surface area contributed by atoms with Gasteiger partial charge in [0.1, 0.15) is 0 Å². The van der Waals surface area contributed by atoms with Gasteiger partial charge in [-0.1, -0.05) is 19.8 Å². The Kier molecular flexibility index (Phi) is 5.30. The van der Waals surface area contributed by atoms with Gasteiger partial charge in [-0.15, -0.1) is 11.8 Å². The second-order valence-corrected chi connectivity index (χ2v) is 4.22. The number of aromatic nitrogens is 1. The first kappa shape index (κ1) is 11.2. The fourth-order valence-corrected chi connectivity index (χ4v) is 1.92. The molecule has 0 unspecified atom stereocenters. The summed E-state index contributed by atoms with van der Waals surface area (Å²) in [5, 5.41) is 1.01. The van der Waals surface area contributed by atoms with E-state index in [0.717, 1.165) is 17.1 Å². The van der Waals surface area contributed by atoms with Gasteiger partial charge in [0.25, 0.3) is 0 Å². The van der Waals surface area contributed by atoms with Crippen molar-refractivity contribution in [3.05, 3.63) is 23.9 Å². The Labute approximate surface area is 89.1 Å². The lowest BCUT2D eigenvalue weighted by atomic mass is 10.3. The van der Waals surface area contributed by atoms with Crippen molar-refractivity contribution < 1.29 is 4.79 Å². The molecule has 0 saturated carbocycles. The van der Waals surface area contributed by atoms with Gasteiger partial charge in [0.05, 0.1) is 5.03 Å². The topological polar surface area (TPSA) is 30.0 Å². The van der Waals surface area contributed by atoms with E-state index in [1.54, 1.807) is 18.0 Å². The lowest BCUT2D eigenvalue weighted by Gasteiger charge is -1.99. The van der Waals surface area contributed by atoms with Crippen LogP contribution in [0.2, 0.25) is 0 Å². The number of hydrogen-bond donors (Lipinski definition) is 0. The number of thioether (sulfide) groups is 1. The predicted octanol–water partition coefficient (Wildman–Crippen LogP) is 3.18. The van der Waals surface area contributed by atoms with Gasteiger partial charge in [-0.3, -0.25) is 4.79 Å². The van der Waals surface area contributed by atoms with Crippen molar-refractivity contribution in [2.45, 2.75) is 31.2 Å². The second kappa shape index (κ2) is 6.60. The third-order valence-electron chi connectivity index (χ3n) is 1.89. The van der Waals surface area contributed by atoms with Gasteiger partial charge in [0.15, 0.2) is 6.29 Å². The molecule has 3 heteroatoms. The summed E-state index contributed by atoms with van der Waals surface area (Å²) in [7, 11) is 0. The van der Waals surface area contributed by atoms with Crippen LogP contribution in [-0.4, -0.2) is 17.0 Å². The van der Waals surface area contributed by atoms with E-state index in [-0.39, 0.29) is 0 Å². The van der Waals surface area contributed by atoms with Gasteiger partial charge in [-0.25, -0.2) is 4.98 Å². The molecule has 0 aromatic carbocycles. The smallest absolute Gasteiger partial charge is 0.151 e. The maximum atomic E-state index is 10.4. The molecule has 1 aromatic rings. The van der Waals surface area contributed by atoms with Gasteiger partial charge in [-0.05, 0) is 24.3 Å². The molecule has 0 spiro atoms. The van der Waals surface area contributed by atoms with E-state index in [1.807, 2.05) is 12.1 Å². The van der Waals surface area contributed by atoms with Crippen LogP contribution < -0.4 is 0 Å². The Bertz CT molecular complexity index is 271. The molecule has 0 amide bonds. The van der Waals surface area contributed by atoms with Crippen LogP contribution in [0.3, 0.4) is 0 Å². The zero-order chi connectivity index (χ0) is 10.2. The number of rotatable bonds is 6. The van der Waals surface area contributed by atoms with Gasteiger partial charge in [0, 0.05) is 11.8 Å². The molecule has 1 aromatic heterocycles. The molecule has 0 fully saturated rings. The van der Waals surface area contributed by atoms with E-state index in [2.05, 4.69) is 11.9 Å². The van der Waals surface area contributed by atoms with Crippen LogP contribution in [0.15, 0.2) is 23.4 Å². The van der Waals surface area contributed by atoms with Crippen molar-refractivity contribution in [3.8, 4) is 0 Å². The molecular formula is C11H15NOS. The predicted molar refractivity (Wildman–Crippen MR) is 59.9 cm³/mol. The highest BCUT2D eigenvalue weighted by molar-refractivity contribution is 7.99. The Morgan fingerprint density at radius 1 is 1.43 bits per heavy atom. The molecule has 76 valence electrons. The van der Waals surface area contributed by atoms with Crippen molar-refractivity contribution >= 4 is 18.0 Å². The molecule has 1 heterocycles. The third-order valence-corrected chi connectivity index (χ3v) is 2.92. The molecule has 0 radical (unpaired) electrons. The van der Waals surface area contributed by atoms with Crippen molar-refractivity contribution in [2.24, 2.45) is 0 Å². The number of hydrogen-bond acceptors (Lipinski definition) is 3. The molecule has 0 aliphatic heterocycles. The van der Waals surface area contributed by atoms with Crippen molar-refractivity contribution in [1.82, 2.24) is 4.98 Å². The molecule has 0 bridgehead atoms. The van der Waals surface area contributed by atoms with Crippen LogP contribution in [0.5, 0.6) is 0 Å².